The molecule has 0 aromatic carbocycles. The molecule has 2 aromatic rings. The van der Waals surface area contributed by atoms with Gasteiger partial charge in [-0.05, 0) is 0 Å². The Morgan fingerprint density at radius 3 is 3.20 bits per heavy atom. The molecular weight excluding hydrogens is 150 g/mol. The van der Waals surface area contributed by atoms with E-state index >= 15 is 0 Å². The third kappa shape index (κ3) is 0.752. The first-order valence-electron chi connectivity index (χ1n) is 2.80. The summed E-state index contributed by atoms with van der Waals surface area (Å²) >= 11 is 5.66. The number of aromatic nitrogens is 3. The number of rotatable bonds is 0. The van der Waals surface area contributed by atoms with Crippen LogP contribution in [0.5, 0.6) is 0 Å². The van der Waals surface area contributed by atoms with E-state index in [9.17, 15) is 0 Å². The second-order valence-electron chi connectivity index (χ2n) is 1.91. The largest absolute Gasteiger partial charge is 0.290 e. The van der Waals surface area contributed by atoms with Crippen LogP contribution in [0.2, 0.25) is 5.02 Å². The average molecular weight is 154 g/mol. The third-order valence-electron chi connectivity index (χ3n) is 1.21. The van der Waals surface area contributed by atoms with Crippen LogP contribution in [0.1, 0.15) is 0 Å². The van der Waals surface area contributed by atoms with E-state index < -0.39 is 0 Å². The van der Waals surface area contributed by atoms with Crippen LogP contribution >= 0.6 is 11.6 Å². The van der Waals surface area contributed by atoms with Crippen LogP contribution in [0.25, 0.3) is 5.78 Å². The van der Waals surface area contributed by atoms with Gasteiger partial charge in [0, 0.05) is 18.6 Å². The molecule has 50 valence electrons. The van der Waals surface area contributed by atoms with Crippen LogP contribution < -0.4 is 0 Å². The van der Waals surface area contributed by atoms with Crippen molar-refractivity contribution < 1.29 is 0 Å². The van der Waals surface area contributed by atoms with Gasteiger partial charge in [-0.15, -0.1) is 0 Å². The zero-order valence-corrected chi connectivity index (χ0v) is 5.78. The lowest BCUT2D eigenvalue weighted by Gasteiger charge is -1.90. The van der Waals surface area contributed by atoms with Gasteiger partial charge >= 0.3 is 0 Å². The van der Waals surface area contributed by atoms with Crippen molar-refractivity contribution in [1.82, 2.24) is 14.4 Å². The van der Waals surface area contributed by atoms with Crippen LogP contribution in [0.4, 0.5) is 0 Å². The molecule has 0 saturated heterocycles. The van der Waals surface area contributed by atoms with Crippen molar-refractivity contribution in [2.45, 2.75) is 0 Å². The number of imidazole rings is 1. The van der Waals surface area contributed by atoms with E-state index in [1.54, 1.807) is 29.2 Å². The fourth-order valence-corrected chi connectivity index (χ4v) is 0.945. The average Bonchev–Trinajstić information content (AvgIpc) is 2.33. The molecule has 3 nitrogen and oxygen atoms in total. The van der Waals surface area contributed by atoms with Gasteiger partial charge in [0.15, 0.2) is 0 Å². The Kier molecular flexibility index (Phi) is 1.11. The lowest BCUT2D eigenvalue weighted by Crippen LogP contribution is -1.85. The number of halogens is 1. The summed E-state index contributed by atoms with van der Waals surface area (Å²) in [7, 11) is 0. The second kappa shape index (κ2) is 1.95. The first-order valence-corrected chi connectivity index (χ1v) is 3.18. The standard InChI is InChI=1S/C6H4ClN3/c7-5-3-9-6-8-1-2-10(6)4-5/h1-4H. The Labute approximate surface area is 62.3 Å². The van der Waals surface area contributed by atoms with Crippen LogP contribution in [-0.2, 0) is 0 Å². The monoisotopic (exact) mass is 153 g/mol. The number of nitrogens with zero attached hydrogens (tertiary/aromatic N) is 3. The molecule has 0 aliphatic carbocycles. The fourth-order valence-electron chi connectivity index (χ4n) is 0.792. The van der Waals surface area contributed by atoms with Gasteiger partial charge < -0.3 is 0 Å². The van der Waals surface area contributed by atoms with Crippen molar-refractivity contribution in [2.75, 3.05) is 0 Å². The molecule has 0 amide bonds. The van der Waals surface area contributed by atoms with Crippen LogP contribution in [0.3, 0.4) is 0 Å². The molecule has 0 unspecified atom stereocenters. The molecule has 0 aliphatic heterocycles. The second-order valence-corrected chi connectivity index (χ2v) is 2.34. The maximum atomic E-state index is 5.66. The molecule has 0 bridgehead atoms. The normalized spacial score (nSPS) is 10.5. The molecule has 2 rings (SSSR count). The van der Waals surface area contributed by atoms with Crippen molar-refractivity contribution in [3.8, 4) is 0 Å². The highest BCUT2D eigenvalue weighted by Crippen LogP contribution is 2.05. The molecule has 4 heteroatoms. The van der Waals surface area contributed by atoms with Gasteiger partial charge in [0.25, 0.3) is 0 Å². The van der Waals surface area contributed by atoms with Crippen LogP contribution in [0, 0.1) is 0 Å². The number of hydrogen-bond donors (Lipinski definition) is 0. The summed E-state index contributed by atoms with van der Waals surface area (Å²) in [5.41, 5.74) is 0. The first-order chi connectivity index (χ1) is 4.86. The Balaban J connectivity index is 2.86. The van der Waals surface area contributed by atoms with Gasteiger partial charge in [0.1, 0.15) is 0 Å². The quantitative estimate of drug-likeness (QED) is 0.573. The Hall–Kier alpha value is -1.09. The zero-order chi connectivity index (χ0) is 6.97. The van der Waals surface area contributed by atoms with Gasteiger partial charge in [-0.2, -0.15) is 0 Å². The highest BCUT2D eigenvalue weighted by Gasteiger charge is 1.92. The third-order valence-corrected chi connectivity index (χ3v) is 1.41. The number of fused-ring (bicyclic) bond motifs is 1. The molecule has 2 aromatic heterocycles. The maximum Gasteiger partial charge on any atom is 0.233 e. The molecule has 0 saturated carbocycles. The lowest BCUT2D eigenvalue weighted by molar-refractivity contribution is 1.11. The minimum atomic E-state index is 0.616. The van der Waals surface area contributed by atoms with Crippen molar-refractivity contribution in [3.05, 3.63) is 29.8 Å². The SMILES string of the molecule is Clc1cnc2nccn2c1. The lowest BCUT2D eigenvalue weighted by atomic mass is 10.7. The van der Waals surface area contributed by atoms with E-state index in [0.717, 1.165) is 0 Å². The zero-order valence-electron chi connectivity index (χ0n) is 5.03. The smallest absolute Gasteiger partial charge is 0.233 e. The van der Waals surface area contributed by atoms with Crippen LogP contribution in [0.15, 0.2) is 24.8 Å². The maximum absolute atomic E-state index is 5.66. The molecule has 0 atom stereocenters. The summed E-state index contributed by atoms with van der Waals surface area (Å²) in [4.78, 5) is 7.91. The summed E-state index contributed by atoms with van der Waals surface area (Å²) in [6.07, 6.45) is 6.81. The van der Waals surface area contributed by atoms with E-state index in [2.05, 4.69) is 9.97 Å². The highest BCUT2D eigenvalue weighted by atomic mass is 35.5. The van der Waals surface area contributed by atoms with Gasteiger partial charge in [-0.25, -0.2) is 9.97 Å². The molecular formula is C6H4ClN3. The Morgan fingerprint density at radius 1 is 1.40 bits per heavy atom. The van der Waals surface area contributed by atoms with Gasteiger partial charge in [0.05, 0.1) is 11.2 Å². The summed E-state index contributed by atoms with van der Waals surface area (Å²) in [5.74, 6) is 0.671. The van der Waals surface area contributed by atoms with Gasteiger partial charge in [-0.3, -0.25) is 4.40 Å². The highest BCUT2D eigenvalue weighted by molar-refractivity contribution is 6.30. The molecule has 10 heavy (non-hydrogen) atoms. The van der Waals surface area contributed by atoms with Crippen LogP contribution in [-0.4, -0.2) is 14.4 Å². The molecule has 0 radical (unpaired) electrons. The summed E-state index contributed by atoms with van der Waals surface area (Å²) < 4.78 is 1.77. The molecule has 2 heterocycles. The Bertz CT molecular complexity index is 355. The number of hydrogen-bond acceptors (Lipinski definition) is 2. The predicted molar refractivity (Wildman–Crippen MR) is 38.0 cm³/mol. The molecule has 0 N–H and O–H groups in total. The fraction of sp³-hybridized carbons (Fsp3) is 0. The minimum absolute atomic E-state index is 0.616. The summed E-state index contributed by atoms with van der Waals surface area (Å²) in [6, 6.07) is 0. The van der Waals surface area contributed by atoms with Crippen molar-refractivity contribution in [1.29, 1.82) is 0 Å². The van der Waals surface area contributed by atoms with E-state index in [1.165, 1.54) is 0 Å². The van der Waals surface area contributed by atoms with E-state index in [4.69, 9.17) is 11.6 Å². The van der Waals surface area contributed by atoms with E-state index in [1.807, 2.05) is 0 Å². The Morgan fingerprint density at radius 2 is 2.30 bits per heavy atom. The molecule has 0 spiro atoms. The van der Waals surface area contributed by atoms with E-state index in [0.29, 0.717) is 10.8 Å². The first kappa shape index (κ1) is 5.68. The van der Waals surface area contributed by atoms with Crippen molar-refractivity contribution in [3.63, 3.8) is 0 Å². The molecule has 0 fully saturated rings. The topological polar surface area (TPSA) is 30.2 Å². The predicted octanol–water partition coefficient (Wildman–Crippen LogP) is 1.38. The van der Waals surface area contributed by atoms with Crippen molar-refractivity contribution in [2.24, 2.45) is 0 Å². The van der Waals surface area contributed by atoms with Gasteiger partial charge in [-0.1, -0.05) is 11.6 Å². The molecule has 0 aliphatic rings. The van der Waals surface area contributed by atoms with Gasteiger partial charge in [0.2, 0.25) is 5.78 Å². The summed E-state index contributed by atoms with van der Waals surface area (Å²) in [5, 5.41) is 0.616. The van der Waals surface area contributed by atoms with E-state index in [-0.39, 0.29) is 0 Å². The van der Waals surface area contributed by atoms with Crippen molar-refractivity contribution >= 4 is 17.4 Å². The minimum Gasteiger partial charge on any atom is -0.290 e. The summed E-state index contributed by atoms with van der Waals surface area (Å²) in [6.45, 7) is 0.